The quantitative estimate of drug-likeness (QED) is 0.0909. The fourth-order valence-electron chi connectivity index (χ4n) is 5.24. The number of carbonyl (C=O) groups excluding carboxylic acids is 4. The summed E-state index contributed by atoms with van der Waals surface area (Å²) in [7, 11) is 0. The Labute approximate surface area is 245 Å². The maximum Gasteiger partial charge on any atom is 0.271 e. The van der Waals surface area contributed by atoms with Crippen LogP contribution in [0.15, 0.2) is 23.7 Å². The summed E-state index contributed by atoms with van der Waals surface area (Å²) in [6.07, 6.45) is 9.05. The van der Waals surface area contributed by atoms with Gasteiger partial charge >= 0.3 is 0 Å². The Morgan fingerprint density at radius 3 is 2.64 bits per heavy atom. The molecule has 2 aliphatic heterocycles. The van der Waals surface area contributed by atoms with Crippen molar-refractivity contribution in [2.45, 2.75) is 50.2 Å². The highest BCUT2D eigenvalue weighted by atomic mass is 16.5. The number of hydrogen-bond acceptors (Lipinski definition) is 11. The van der Waals surface area contributed by atoms with E-state index in [1.54, 1.807) is 4.90 Å². The van der Waals surface area contributed by atoms with Crippen molar-refractivity contribution in [2.24, 2.45) is 16.9 Å². The maximum atomic E-state index is 13.9. The van der Waals surface area contributed by atoms with Gasteiger partial charge in [-0.25, -0.2) is 4.98 Å². The van der Waals surface area contributed by atoms with Gasteiger partial charge in [-0.15, -0.1) is 0 Å². The molecule has 6 N–H and O–H groups in total. The smallest absolute Gasteiger partial charge is 0.271 e. The third kappa shape index (κ3) is 9.70. The van der Waals surface area contributed by atoms with Gasteiger partial charge in [0.15, 0.2) is 0 Å². The second-order valence-corrected chi connectivity index (χ2v) is 10.8. The Morgan fingerprint density at radius 1 is 1.17 bits per heavy atom. The second kappa shape index (κ2) is 16.1. The second-order valence-electron chi connectivity index (χ2n) is 10.8. The summed E-state index contributed by atoms with van der Waals surface area (Å²) in [5.41, 5.74) is 0.176. The molecule has 1 aliphatic carbocycles. The number of hydrogen-bond donors (Lipinski definition) is 5. The highest BCUT2D eigenvalue weighted by Crippen LogP contribution is 2.27. The molecule has 1 aromatic rings. The van der Waals surface area contributed by atoms with Gasteiger partial charge in [0.25, 0.3) is 5.91 Å². The first-order valence-electron chi connectivity index (χ1n) is 14.6. The van der Waals surface area contributed by atoms with E-state index in [2.05, 4.69) is 36.3 Å². The number of morpholine rings is 1. The molecule has 4 amide bonds. The minimum Gasteiger partial charge on any atom is -0.379 e. The summed E-state index contributed by atoms with van der Waals surface area (Å²) in [5.74, 6) is 4.06. The Kier molecular flexibility index (Phi) is 12.0. The van der Waals surface area contributed by atoms with E-state index < -0.39 is 18.0 Å². The molecule has 2 saturated heterocycles. The van der Waals surface area contributed by atoms with E-state index in [0.29, 0.717) is 32.8 Å². The lowest BCUT2D eigenvalue weighted by Crippen LogP contribution is -2.55. The molecule has 0 aromatic carbocycles. The summed E-state index contributed by atoms with van der Waals surface area (Å²) in [5, 5.41) is 15.5. The van der Waals surface area contributed by atoms with Crippen molar-refractivity contribution in [2.75, 3.05) is 59.0 Å². The van der Waals surface area contributed by atoms with Crippen LogP contribution in [0.4, 0.5) is 0 Å². The van der Waals surface area contributed by atoms with Gasteiger partial charge in [0.2, 0.25) is 17.7 Å². The minimum absolute atomic E-state index is 0.0157. The molecule has 3 fully saturated rings. The summed E-state index contributed by atoms with van der Waals surface area (Å²) < 4.78 is 5.36. The normalized spacial score (nSPS) is 20.8. The van der Waals surface area contributed by atoms with Gasteiger partial charge in [-0.1, -0.05) is 0 Å². The van der Waals surface area contributed by atoms with Crippen molar-refractivity contribution in [1.29, 1.82) is 0 Å². The number of ether oxygens (including phenoxy) is 1. The van der Waals surface area contributed by atoms with Gasteiger partial charge in [0.05, 0.1) is 38.4 Å². The van der Waals surface area contributed by atoms with Crippen LogP contribution in [0.1, 0.15) is 42.6 Å². The van der Waals surface area contributed by atoms with E-state index in [1.165, 1.54) is 24.8 Å². The molecule has 3 heterocycles. The van der Waals surface area contributed by atoms with E-state index in [9.17, 15) is 19.2 Å². The average molecular weight is 587 g/mol. The Morgan fingerprint density at radius 2 is 1.98 bits per heavy atom. The zero-order valence-corrected chi connectivity index (χ0v) is 23.9. The SMILES string of the molecule is NN=C[C@@H](NC(=O)CC(NC(=O)CN1CCOCC1)C(=O)N(CCNC(=O)c1cnccn1)C1CC1)C1CCCNC1. The topological polar surface area (TPSA) is 196 Å². The van der Waals surface area contributed by atoms with Crippen LogP contribution < -0.4 is 27.1 Å². The number of piperidine rings is 1. The molecule has 42 heavy (non-hydrogen) atoms. The van der Waals surface area contributed by atoms with Gasteiger partial charge in [-0.3, -0.25) is 29.1 Å². The van der Waals surface area contributed by atoms with Gasteiger partial charge in [0, 0.05) is 57.4 Å². The number of hydrazone groups is 1. The molecule has 0 bridgehead atoms. The van der Waals surface area contributed by atoms with E-state index >= 15 is 0 Å². The minimum atomic E-state index is -1.07. The van der Waals surface area contributed by atoms with E-state index in [0.717, 1.165) is 32.2 Å². The van der Waals surface area contributed by atoms with Crippen LogP contribution in [0.2, 0.25) is 0 Å². The van der Waals surface area contributed by atoms with Gasteiger partial charge in [-0.05, 0) is 38.1 Å². The van der Waals surface area contributed by atoms with E-state index in [4.69, 9.17) is 10.6 Å². The van der Waals surface area contributed by atoms with Crippen LogP contribution in [-0.4, -0.2) is 127 Å². The average Bonchev–Trinajstić information content (AvgIpc) is 3.85. The molecule has 1 aromatic heterocycles. The first-order valence-corrected chi connectivity index (χ1v) is 14.6. The van der Waals surface area contributed by atoms with Crippen molar-refractivity contribution in [3.8, 4) is 0 Å². The standard InChI is InChI=1S/C27H42N10O5/c28-33-17-22(19-2-1-5-29-15-19)35-24(38)14-21(34-25(39)18-36-10-12-42-13-11-36)27(41)37(20-3-4-20)9-8-32-26(40)23-16-30-6-7-31-23/h6-7,16-17,19-22,29H,1-5,8-15,18,28H2,(H,32,40)(H,34,39)(H,35,38)/t19?,21?,22-/m1/s1. The van der Waals surface area contributed by atoms with Crippen LogP contribution in [0.3, 0.4) is 0 Å². The molecule has 1 saturated carbocycles. The predicted octanol–water partition coefficient (Wildman–Crippen LogP) is -2.17. The molecular formula is C27H42N10O5. The van der Waals surface area contributed by atoms with Gasteiger partial charge in [0.1, 0.15) is 11.7 Å². The molecule has 3 aliphatic rings. The molecule has 15 heteroatoms. The fraction of sp³-hybridized carbons (Fsp3) is 0.667. The van der Waals surface area contributed by atoms with Crippen molar-refractivity contribution >= 4 is 29.8 Å². The van der Waals surface area contributed by atoms with Gasteiger partial charge < -0.3 is 36.7 Å². The van der Waals surface area contributed by atoms with Crippen LogP contribution in [-0.2, 0) is 19.1 Å². The summed E-state index contributed by atoms with van der Waals surface area (Å²) >= 11 is 0. The summed E-state index contributed by atoms with van der Waals surface area (Å²) in [4.78, 5) is 64.1. The number of amides is 4. The van der Waals surface area contributed by atoms with Crippen molar-refractivity contribution in [3.63, 3.8) is 0 Å². The lowest BCUT2D eigenvalue weighted by molar-refractivity contribution is -0.139. The van der Waals surface area contributed by atoms with E-state index in [-0.39, 0.29) is 61.4 Å². The van der Waals surface area contributed by atoms with Crippen LogP contribution in [0.5, 0.6) is 0 Å². The first kappa shape index (κ1) is 31.3. The highest BCUT2D eigenvalue weighted by molar-refractivity contribution is 5.94. The molecule has 2 unspecified atom stereocenters. The molecule has 3 atom stereocenters. The Hall–Kier alpha value is -3.69. The van der Waals surface area contributed by atoms with Crippen LogP contribution in [0, 0.1) is 5.92 Å². The molecule has 0 spiro atoms. The zero-order valence-electron chi connectivity index (χ0n) is 23.9. The number of nitrogens with one attached hydrogen (secondary N) is 4. The van der Waals surface area contributed by atoms with Crippen LogP contribution in [0.25, 0.3) is 0 Å². The number of aromatic nitrogens is 2. The van der Waals surface area contributed by atoms with Crippen molar-refractivity contribution in [1.82, 2.24) is 41.0 Å². The van der Waals surface area contributed by atoms with Crippen molar-refractivity contribution in [3.05, 3.63) is 24.3 Å². The molecular weight excluding hydrogens is 544 g/mol. The lowest BCUT2D eigenvalue weighted by atomic mass is 9.92. The number of rotatable bonds is 14. The van der Waals surface area contributed by atoms with E-state index in [1.807, 2.05) is 4.90 Å². The number of carbonyl (C=O) groups is 4. The fourth-order valence-corrected chi connectivity index (χ4v) is 5.24. The molecule has 230 valence electrons. The zero-order chi connectivity index (χ0) is 29.7. The maximum absolute atomic E-state index is 13.9. The van der Waals surface area contributed by atoms with Crippen molar-refractivity contribution < 1.29 is 23.9 Å². The summed E-state index contributed by atoms with van der Waals surface area (Å²) in [6.45, 7) is 4.43. The Balaban J connectivity index is 1.41. The lowest BCUT2D eigenvalue weighted by Gasteiger charge is -2.31. The predicted molar refractivity (Wildman–Crippen MR) is 153 cm³/mol. The number of nitrogens with two attached hydrogens (primary N) is 1. The molecule has 0 radical (unpaired) electrons. The monoisotopic (exact) mass is 586 g/mol. The molecule has 15 nitrogen and oxygen atoms in total. The Bertz CT molecular complexity index is 1070. The first-order chi connectivity index (χ1) is 20.4. The molecule has 4 rings (SSSR count). The van der Waals surface area contributed by atoms with Gasteiger partial charge in [-0.2, -0.15) is 5.10 Å². The third-order valence-corrected chi connectivity index (χ3v) is 7.62. The summed E-state index contributed by atoms with van der Waals surface area (Å²) in [6, 6.07) is -1.49. The highest BCUT2D eigenvalue weighted by Gasteiger charge is 2.37. The third-order valence-electron chi connectivity index (χ3n) is 7.62. The number of nitrogens with zero attached hydrogens (tertiary/aromatic N) is 5. The van der Waals surface area contributed by atoms with Crippen LogP contribution >= 0.6 is 0 Å². The largest absolute Gasteiger partial charge is 0.379 e.